The molecule has 24 heavy (non-hydrogen) atoms. The molecule has 0 heterocycles. The summed E-state index contributed by atoms with van der Waals surface area (Å²) in [4.78, 5) is 0. The standard InChI is InChI=1S/C18H25IN4O/c1-21-22-17(11-14-7-9-16(19)10-8-14)18(24)13-23(20)12-15-5-3-2-4-6-15/h2-10,17-18,21-22,24H,11-13,20H2,1H3/t17-,18-/m0/s1. The summed E-state index contributed by atoms with van der Waals surface area (Å²) in [6, 6.07) is 18.2. The molecule has 0 aliphatic heterocycles. The Labute approximate surface area is 157 Å². The van der Waals surface area contributed by atoms with E-state index in [-0.39, 0.29) is 6.04 Å². The Balaban J connectivity index is 1.92. The van der Waals surface area contributed by atoms with E-state index < -0.39 is 6.10 Å². The zero-order chi connectivity index (χ0) is 17.4. The lowest BCUT2D eigenvalue weighted by molar-refractivity contribution is 0.0719. The van der Waals surface area contributed by atoms with Crippen LogP contribution in [0, 0.1) is 3.57 Å². The van der Waals surface area contributed by atoms with E-state index in [9.17, 15) is 5.11 Å². The molecule has 0 bridgehead atoms. The SMILES string of the molecule is CNN[C@@H](Cc1ccc(I)cc1)[C@@H](O)CN(N)Cc1ccccc1. The van der Waals surface area contributed by atoms with Crippen molar-refractivity contribution in [2.24, 2.45) is 5.84 Å². The summed E-state index contributed by atoms with van der Waals surface area (Å²) in [5, 5.41) is 12.2. The molecule has 0 aliphatic carbocycles. The van der Waals surface area contributed by atoms with Crippen molar-refractivity contribution in [3.8, 4) is 0 Å². The van der Waals surface area contributed by atoms with Crippen molar-refractivity contribution in [3.63, 3.8) is 0 Å². The molecule has 0 aliphatic rings. The number of nitrogens with zero attached hydrogens (tertiary/aromatic N) is 1. The molecule has 0 spiro atoms. The molecule has 5 nitrogen and oxygen atoms in total. The zero-order valence-electron chi connectivity index (χ0n) is 13.8. The third-order valence-corrected chi connectivity index (χ3v) is 4.53. The van der Waals surface area contributed by atoms with Crippen LogP contribution in [-0.4, -0.2) is 35.9 Å². The Kier molecular flexibility index (Phi) is 8.10. The molecular formula is C18H25IN4O. The monoisotopic (exact) mass is 440 g/mol. The van der Waals surface area contributed by atoms with Crippen LogP contribution in [0.2, 0.25) is 0 Å². The van der Waals surface area contributed by atoms with Gasteiger partial charge in [0.15, 0.2) is 0 Å². The summed E-state index contributed by atoms with van der Waals surface area (Å²) in [6.45, 7) is 0.992. The third kappa shape index (κ3) is 6.46. The number of hydrogen-bond acceptors (Lipinski definition) is 5. The minimum absolute atomic E-state index is 0.128. The van der Waals surface area contributed by atoms with Gasteiger partial charge >= 0.3 is 0 Å². The van der Waals surface area contributed by atoms with Crippen LogP contribution in [0.1, 0.15) is 11.1 Å². The molecule has 0 saturated heterocycles. The quantitative estimate of drug-likeness (QED) is 0.271. The van der Waals surface area contributed by atoms with Gasteiger partial charge in [-0.2, -0.15) is 0 Å². The van der Waals surface area contributed by atoms with Crippen molar-refractivity contribution in [1.29, 1.82) is 0 Å². The fraction of sp³-hybridized carbons (Fsp3) is 0.333. The Morgan fingerprint density at radius 3 is 2.38 bits per heavy atom. The van der Waals surface area contributed by atoms with Gasteiger partial charge in [0.05, 0.1) is 12.1 Å². The van der Waals surface area contributed by atoms with Crippen molar-refractivity contribution < 1.29 is 5.11 Å². The van der Waals surface area contributed by atoms with E-state index in [0.29, 0.717) is 13.1 Å². The summed E-state index contributed by atoms with van der Waals surface area (Å²) in [5.74, 6) is 6.08. The predicted octanol–water partition coefficient (Wildman–Crippen LogP) is 1.66. The number of nitrogens with two attached hydrogens (primary N) is 1. The number of hydrogen-bond donors (Lipinski definition) is 4. The van der Waals surface area contributed by atoms with E-state index in [1.807, 2.05) is 30.3 Å². The Hall–Kier alpha value is -1.03. The molecule has 0 saturated carbocycles. The van der Waals surface area contributed by atoms with E-state index in [1.54, 1.807) is 12.1 Å². The lowest BCUT2D eigenvalue weighted by Gasteiger charge is -2.27. The molecule has 2 aromatic rings. The average Bonchev–Trinajstić information content (AvgIpc) is 2.57. The third-order valence-electron chi connectivity index (χ3n) is 3.81. The van der Waals surface area contributed by atoms with Crippen molar-refractivity contribution in [3.05, 3.63) is 69.3 Å². The number of aliphatic hydroxyl groups is 1. The second-order valence-electron chi connectivity index (χ2n) is 5.81. The number of benzene rings is 2. The van der Waals surface area contributed by atoms with E-state index in [4.69, 9.17) is 5.84 Å². The molecule has 6 heteroatoms. The molecule has 2 rings (SSSR count). The van der Waals surface area contributed by atoms with Crippen molar-refractivity contribution in [2.45, 2.75) is 25.1 Å². The Morgan fingerprint density at radius 2 is 1.75 bits per heavy atom. The lowest BCUT2D eigenvalue weighted by atomic mass is 10.0. The molecule has 2 aromatic carbocycles. The summed E-state index contributed by atoms with van der Waals surface area (Å²) >= 11 is 2.29. The van der Waals surface area contributed by atoms with E-state index in [2.05, 4.69) is 57.7 Å². The van der Waals surface area contributed by atoms with Crippen molar-refractivity contribution >= 4 is 22.6 Å². The van der Waals surface area contributed by atoms with E-state index in [1.165, 1.54) is 9.13 Å². The van der Waals surface area contributed by atoms with E-state index in [0.717, 1.165) is 12.0 Å². The molecule has 0 unspecified atom stereocenters. The van der Waals surface area contributed by atoms with Gasteiger partial charge in [-0.15, -0.1) is 0 Å². The average molecular weight is 440 g/mol. The minimum Gasteiger partial charge on any atom is -0.390 e. The van der Waals surface area contributed by atoms with Crippen LogP contribution in [0.5, 0.6) is 0 Å². The van der Waals surface area contributed by atoms with Gasteiger partial charge in [-0.1, -0.05) is 42.5 Å². The first-order valence-electron chi connectivity index (χ1n) is 7.97. The first-order chi connectivity index (χ1) is 11.6. The highest BCUT2D eigenvalue weighted by atomic mass is 127. The van der Waals surface area contributed by atoms with Gasteiger partial charge < -0.3 is 5.11 Å². The molecule has 0 radical (unpaired) electrons. The maximum atomic E-state index is 10.6. The second-order valence-corrected chi connectivity index (χ2v) is 7.06. The van der Waals surface area contributed by atoms with Crippen LogP contribution < -0.4 is 16.7 Å². The van der Waals surface area contributed by atoms with E-state index >= 15 is 0 Å². The topological polar surface area (TPSA) is 73.5 Å². The minimum atomic E-state index is -0.592. The second kappa shape index (κ2) is 10.1. The number of aliphatic hydroxyl groups excluding tert-OH is 1. The molecule has 5 N–H and O–H groups in total. The smallest absolute Gasteiger partial charge is 0.0850 e. The van der Waals surface area contributed by atoms with Crippen LogP contribution in [0.3, 0.4) is 0 Å². The summed E-state index contributed by atoms with van der Waals surface area (Å²) < 4.78 is 1.20. The van der Waals surface area contributed by atoms with Gasteiger partial charge in [-0.25, -0.2) is 5.01 Å². The number of rotatable bonds is 9. The highest BCUT2D eigenvalue weighted by Crippen LogP contribution is 2.11. The van der Waals surface area contributed by atoms with Gasteiger partial charge in [0.1, 0.15) is 0 Å². The van der Waals surface area contributed by atoms with Crippen molar-refractivity contribution in [1.82, 2.24) is 15.9 Å². The number of halogens is 1. The largest absolute Gasteiger partial charge is 0.390 e. The van der Waals surface area contributed by atoms with Crippen LogP contribution >= 0.6 is 22.6 Å². The highest BCUT2D eigenvalue weighted by molar-refractivity contribution is 14.1. The molecule has 2 atom stereocenters. The maximum Gasteiger partial charge on any atom is 0.0850 e. The summed E-state index contributed by atoms with van der Waals surface area (Å²) in [6.07, 6.45) is 0.128. The molecule has 0 fully saturated rings. The van der Waals surface area contributed by atoms with Gasteiger partial charge in [0.2, 0.25) is 0 Å². The zero-order valence-corrected chi connectivity index (χ0v) is 16.0. The Bertz CT molecular complexity index is 594. The van der Waals surface area contributed by atoms with Crippen LogP contribution in [0.4, 0.5) is 0 Å². The van der Waals surface area contributed by atoms with Crippen LogP contribution in [0.25, 0.3) is 0 Å². The molecular weight excluding hydrogens is 415 g/mol. The molecule has 130 valence electrons. The number of hydrazine groups is 2. The Morgan fingerprint density at radius 1 is 1.08 bits per heavy atom. The van der Waals surface area contributed by atoms with Crippen LogP contribution in [-0.2, 0) is 13.0 Å². The van der Waals surface area contributed by atoms with Crippen LogP contribution in [0.15, 0.2) is 54.6 Å². The van der Waals surface area contributed by atoms with Crippen molar-refractivity contribution in [2.75, 3.05) is 13.6 Å². The van der Waals surface area contributed by atoms with Gasteiger partial charge in [0, 0.05) is 16.7 Å². The number of nitrogens with one attached hydrogen (secondary N) is 2. The lowest BCUT2D eigenvalue weighted by Crippen LogP contribution is -2.52. The highest BCUT2D eigenvalue weighted by Gasteiger charge is 2.21. The first kappa shape index (κ1) is 19.3. The summed E-state index contributed by atoms with van der Waals surface area (Å²) in [7, 11) is 1.80. The summed E-state index contributed by atoms with van der Waals surface area (Å²) in [5.41, 5.74) is 8.37. The molecule has 0 aromatic heterocycles. The predicted molar refractivity (Wildman–Crippen MR) is 106 cm³/mol. The fourth-order valence-electron chi connectivity index (χ4n) is 2.59. The van der Waals surface area contributed by atoms with Gasteiger partial charge in [0.25, 0.3) is 0 Å². The first-order valence-corrected chi connectivity index (χ1v) is 9.04. The van der Waals surface area contributed by atoms with Gasteiger partial charge in [-0.05, 0) is 59.3 Å². The fourth-order valence-corrected chi connectivity index (χ4v) is 2.95. The molecule has 0 amide bonds. The maximum absolute atomic E-state index is 10.6. The normalized spacial score (nSPS) is 13.9. The van der Waals surface area contributed by atoms with Gasteiger partial charge in [-0.3, -0.25) is 16.7 Å².